The first-order chi connectivity index (χ1) is 14.0. The zero-order valence-corrected chi connectivity index (χ0v) is 17.5. The van der Waals surface area contributed by atoms with Gasteiger partial charge in [-0.2, -0.15) is 11.8 Å². The number of amides is 3. The van der Waals surface area contributed by atoms with Crippen molar-refractivity contribution in [3.05, 3.63) is 54.4 Å². The van der Waals surface area contributed by atoms with Crippen LogP contribution in [0.4, 0.5) is 16.2 Å². The summed E-state index contributed by atoms with van der Waals surface area (Å²) in [5.74, 6) is 1.39. The van der Waals surface area contributed by atoms with Gasteiger partial charge in [-0.3, -0.25) is 4.79 Å². The van der Waals surface area contributed by atoms with Gasteiger partial charge in [0.15, 0.2) is 0 Å². The highest BCUT2D eigenvalue weighted by Gasteiger charge is 2.15. The molecule has 0 aliphatic heterocycles. The molecule has 0 bridgehead atoms. The average Bonchev–Trinajstić information content (AvgIpc) is 3.00. The largest absolute Gasteiger partial charge is 0.336 e. The maximum atomic E-state index is 12.8. The summed E-state index contributed by atoms with van der Waals surface area (Å²) in [6.45, 7) is 3.91. The molecule has 7 nitrogen and oxygen atoms in total. The second kappa shape index (κ2) is 9.47. The van der Waals surface area contributed by atoms with Crippen LogP contribution in [-0.2, 0) is 17.1 Å². The molecular weight excluding hydrogens is 386 g/mol. The van der Waals surface area contributed by atoms with Crippen LogP contribution in [0.15, 0.2) is 48.5 Å². The lowest BCUT2D eigenvalue weighted by Gasteiger charge is -2.15. The Labute approximate surface area is 174 Å². The molecule has 0 fully saturated rings. The topological polar surface area (TPSA) is 88.1 Å². The number of hydrogen-bond acceptors (Lipinski definition) is 4. The Morgan fingerprint density at radius 3 is 2.38 bits per heavy atom. The number of aromatic nitrogens is 2. The Kier molecular flexibility index (Phi) is 6.77. The van der Waals surface area contributed by atoms with Crippen LogP contribution >= 0.6 is 11.8 Å². The number of nitrogens with zero attached hydrogens (tertiary/aromatic N) is 2. The molecule has 0 spiro atoms. The number of carbonyl (C=O) groups excluding carboxylic acids is 2. The van der Waals surface area contributed by atoms with Gasteiger partial charge in [0.2, 0.25) is 5.91 Å². The van der Waals surface area contributed by atoms with Crippen molar-refractivity contribution in [2.75, 3.05) is 16.9 Å². The van der Waals surface area contributed by atoms with Crippen molar-refractivity contribution in [2.45, 2.75) is 32.2 Å². The van der Waals surface area contributed by atoms with E-state index >= 15 is 0 Å². The molecule has 0 atom stereocenters. The van der Waals surface area contributed by atoms with Crippen molar-refractivity contribution in [1.82, 2.24) is 14.9 Å². The molecule has 0 aliphatic rings. The first-order valence-electron chi connectivity index (χ1n) is 9.37. The average molecular weight is 412 g/mol. The summed E-state index contributed by atoms with van der Waals surface area (Å²) in [5, 5.41) is 8.46. The van der Waals surface area contributed by atoms with Crippen LogP contribution < -0.4 is 16.0 Å². The molecule has 3 rings (SSSR count). The van der Waals surface area contributed by atoms with Gasteiger partial charge in [0, 0.05) is 6.04 Å². The minimum absolute atomic E-state index is 0.0149. The monoisotopic (exact) mass is 411 g/mol. The van der Waals surface area contributed by atoms with Gasteiger partial charge >= 0.3 is 6.03 Å². The van der Waals surface area contributed by atoms with Gasteiger partial charge in [0.1, 0.15) is 12.4 Å². The Balaban J connectivity index is 1.78. The quantitative estimate of drug-likeness (QED) is 0.547. The normalized spacial score (nSPS) is 10.9. The number of rotatable bonds is 7. The van der Waals surface area contributed by atoms with Gasteiger partial charge in [0.05, 0.1) is 28.2 Å². The second-order valence-corrected chi connectivity index (χ2v) is 7.75. The van der Waals surface area contributed by atoms with Crippen molar-refractivity contribution >= 4 is 46.1 Å². The predicted octanol–water partition coefficient (Wildman–Crippen LogP) is 4.07. The van der Waals surface area contributed by atoms with E-state index in [1.807, 2.05) is 55.0 Å². The highest BCUT2D eigenvalue weighted by molar-refractivity contribution is 7.97. The molecule has 29 heavy (non-hydrogen) atoms. The highest BCUT2D eigenvalue weighted by Crippen LogP contribution is 2.22. The molecule has 3 N–H and O–H groups in total. The van der Waals surface area contributed by atoms with Crippen LogP contribution in [-0.4, -0.2) is 33.8 Å². The molecule has 0 saturated heterocycles. The fraction of sp³-hybridized carbons (Fsp3) is 0.286. The van der Waals surface area contributed by atoms with Gasteiger partial charge in [-0.15, -0.1) is 0 Å². The third kappa shape index (κ3) is 5.29. The Morgan fingerprint density at radius 2 is 1.69 bits per heavy atom. The molecule has 3 amide bonds. The lowest BCUT2D eigenvalue weighted by atomic mass is 10.2. The molecule has 3 aromatic rings. The molecule has 8 heteroatoms. The number of carbonyl (C=O) groups is 2. The summed E-state index contributed by atoms with van der Waals surface area (Å²) in [5.41, 5.74) is 2.89. The summed E-state index contributed by atoms with van der Waals surface area (Å²) >= 11 is 1.66. The van der Waals surface area contributed by atoms with Crippen LogP contribution in [0.2, 0.25) is 0 Å². The zero-order valence-electron chi connectivity index (χ0n) is 16.7. The fourth-order valence-corrected chi connectivity index (χ4v) is 3.47. The molecule has 2 aromatic carbocycles. The van der Waals surface area contributed by atoms with Gasteiger partial charge in [-0.05, 0) is 44.4 Å². The molecule has 0 aliphatic carbocycles. The van der Waals surface area contributed by atoms with Crippen molar-refractivity contribution < 1.29 is 9.59 Å². The second-order valence-electron chi connectivity index (χ2n) is 6.88. The fourth-order valence-electron chi connectivity index (χ4n) is 3.00. The standard InChI is InChI=1S/C21H25N5O2S/c1-14(2)22-21(28)25-16-9-5-4-8-15(16)24-20(27)12-26-18-11-7-6-10-17(18)23-19(26)13-29-3/h4-11,14H,12-13H2,1-3H3,(H,24,27)(H2,22,25,28). The molecular formula is C21H25N5O2S. The number of thioether (sulfide) groups is 1. The number of anilines is 2. The van der Waals surface area contributed by atoms with Gasteiger partial charge in [-0.25, -0.2) is 9.78 Å². The number of urea groups is 1. The molecule has 0 radical (unpaired) electrons. The Hall–Kier alpha value is -3.00. The number of para-hydroxylation sites is 4. The van der Waals surface area contributed by atoms with Crippen LogP contribution in [0, 0.1) is 0 Å². The first kappa shape index (κ1) is 20.7. The van der Waals surface area contributed by atoms with E-state index in [2.05, 4.69) is 20.9 Å². The number of imidazole rings is 1. The summed E-state index contributed by atoms with van der Waals surface area (Å²) in [6, 6.07) is 14.6. The molecule has 0 saturated carbocycles. The van der Waals surface area contributed by atoms with Gasteiger partial charge < -0.3 is 20.5 Å². The number of fused-ring (bicyclic) bond motifs is 1. The third-order valence-electron chi connectivity index (χ3n) is 4.18. The van der Waals surface area contributed by atoms with E-state index in [1.54, 1.807) is 30.0 Å². The Morgan fingerprint density at radius 1 is 1.03 bits per heavy atom. The SMILES string of the molecule is CSCc1nc2ccccc2n1CC(=O)Nc1ccccc1NC(=O)NC(C)C. The van der Waals surface area contributed by atoms with E-state index in [0.717, 1.165) is 22.6 Å². The first-order valence-corrected chi connectivity index (χ1v) is 10.8. The van der Waals surface area contributed by atoms with Crippen molar-refractivity contribution in [2.24, 2.45) is 0 Å². The summed E-state index contributed by atoms with van der Waals surface area (Å²) in [6.07, 6.45) is 2.01. The summed E-state index contributed by atoms with van der Waals surface area (Å²) in [7, 11) is 0. The third-order valence-corrected chi connectivity index (χ3v) is 4.72. The molecule has 0 unspecified atom stereocenters. The molecule has 152 valence electrons. The summed E-state index contributed by atoms with van der Waals surface area (Å²) < 4.78 is 1.93. The van der Waals surface area contributed by atoms with Crippen LogP contribution in [0.3, 0.4) is 0 Å². The van der Waals surface area contributed by atoms with E-state index in [1.165, 1.54) is 0 Å². The number of hydrogen-bond donors (Lipinski definition) is 3. The van der Waals surface area contributed by atoms with Gasteiger partial charge in [-0.1, -0.05) is 24.3 Å². The minimum atomic E-state index is -0.315. The number of benzene rings is 2. The number of nitrogens with one attached hydrogen (secondary N) is 3. The van der Waals surface area contributed by atoms with E-state index < -0.39 is 0 Å². The Bertz CT molecular complexity index is 1020. The summed E-state index contributed by atoms with van der Waals surface area (Å²) in [4.78, 5) is 29.5. The van der Waals surface area contributed by atoms with Crippen molar-refractivity contribution in [3.8, 4) is 0 Å². The van der Waals surface area contributed by atoms with Crippen LogP contribution in [0.25, 0.3) is 11.0 Å². The minimum Gasteiger partial charge on any atom is -0.336 e. The van der Waals surface area contributed by atoms with E-state index in [4.69, 9.17) is 0 Å². The highest BCUT2D eigenvalue weighted by atomic mass is 32.2. The maximum absolute atomic E-state index is 12.8. The van der Waals surface area contributed by atoms with E-state index in [9.17, 15) is 9.59 Å². The predicted molar refractivity (Wildman–Crippen MR) is 119 cm³/mol. The van der Waals surface area contributed by atoms with Crippen LogP contribution in [0.1, 0.15) is 19.7 Å². The zero-order chi connectivity index (χ0) is 20.8. The molecule has 1 heterocycles. The lowest BCUT2D eigenvalue weighted by Crippen LogP contribution is -2.34. The van der Waals surface area contributed by atoms with Crippen LogP contribution in [0.5, 0.6) is 0 Å². The van der Waals surface area contributed by atoms with E-state index in [0.29, 0.717) is 11.4 Å². The van der Waals surface area contributed by atoms with Crippen molar-refractivity contribution in [1.29, 1.82) is 0 Å². The molecule has 1 aromatic heterocycles. The van der Waals surface area contributed by atoms with E-state index in [-0.39, 0.29) is 24.5 Å². The van der Waals surface area contributed by atoms with Gasteiger partial charge in [0.25, 0.3) is 0 Å². The lowest BCUT2D eigenvalue weighted by molar-refractivity contribution is -0.116. The maximum Gasteiger partial charge on any atom is 0.319 e. The smallest absolute Gasteiger partial charge is 0.319 e. The van der Waals surface area contributed by atoms with Crippen molar-refractivity contribution in [3.63, 3.8) is 0 Å².